The number of aromatic nitrogens is 1. The summed E-state index contributed by atoms with van der Waals surface area (Å²) >= 11 is 9.14. The highest BCUT2D eigenvalue weighted by molar-refractivity contribution is 7.98. The number of hydrogen-bond acceptors (Lipinski definition) is 4. The molecule has 1 aromatic heterocycles. The molecule has 0 amide bonds. The van der Waals surface area contributed by atoms with Gasteiger partial charge in [0.05, 0.1) is 4.88 Å². The summed E-state index contributed by atoms with van der Waals surface area (Å²) in [4.78, 5) is 6.28. The lowest BCUT2D eigenvalue weighted by Gasteiger charge is -2.04. The van der Waals surface area contributed by atoms with Crippen LogP contribution in [0.3, 0.4) is 0 Å². The van der Waals surface area contributed by atoms with Gasteiger partial charge in [-0.1, -0.05) is 22.9 Å². The van der Waals surface area contributed by atoms with Crippen molar-refractivity contribution in [2.75, 3.05) is 12.0 Å². The van der Waals surface area contributed by atoms with Crippen molar-refractivity contribution >= 4 is 39.8 Å². The van der Waals surface area contributed by atoms with Crippen molar-refractivity contribution in [3.05, 3.63) is 29.4 Å². The number of nitrogens with two attached hydrogens (primary N) is 1. The number of anilines is 1. The van der Waals surface area contributed by atoms with E-state index in [9.17, 15) is 0 Å². The number of rotatable bonds is 2. The molecule has 2 nitrogen and oxygen atoms in total. The molecule has 0 saturated heterocycles. The summed E-state index contributed by atoms with van der Waals surface area (Å²) in [5.74, 6) is 0. The summed E-state index contributed by atoms with van der Waals surface area (Å²) in [5, 5.41) is 1.31. The van der Waals surface area contributed by atoms with Gasteiger partial charge in [-0.15, -0.1) is 11.8 Å². The number of nitrogen functional groups attached to an aromatic ring is 1. The number of halogens is 1. The number of hydrogen-bond donors (Lipinski definition) is 1. The zero-order chi connectivity index (χ0) is 10.8. The van der Waals surface area contributed by atoms with Crippen LogP contribution in [0.1, 0.15) is 0 Å². The lowest BCUT2D eigenvalue weighted by molar-refractivity contribution is 1.41. The van der Waals surface area contributed by atoms with E-state index in [0.717, 1.165) is 15.5 Å². The summed E-state index contributed by atoms with van der Waals surface area (Å²) in [6.07, 6.45) is 3.82. The average molecular weight is 257 g/mol. The first kappa shape index (κ1) is 10.8. The second-order valence-electron chi connectivity index (χ2n) is 2.91. The first-order valence-electron chi connectivity index (χ1n) is 4.26. The molecule has 0 unspecified atom stereocenters. The van der Waals surface area contributed by atoms with Crippen molar-refractivity contribution in [2.45, 2.75) is 4.90 Å². The number of benzene rings is 1. The molecule has 0 fully saturated rings. The highest BCUT2D eigenvalue weighted by Gasteiger charge is 2.08. The van der Waals surface area contributed by atoms with Gasteiger partial charge in [0.15, 0.2) is 5.13 Å². The number of nitrogens with zero attached hydrogens (tertiary/aromatic N) is 1. The van der Waals surface area contributed by atoms with Crippen molar-refractivity contribution in [1.29, 1.82) is 0 Å². The van der Waals surface area contributed by atoms with E-state index in [-0.39, 0.29) is 0 Å². The molecular formula is C10H9ClN2S2. The van der Waals surface area contributed by atoms with Crippen molar-refractivity contribution in [1.82, 2.24) is 4.98 Å². The van der Waals surface area contributed by atoms with E-state index in [1.807, 2.05) is 24.5 Å². The molecule has 0 atom stereocenters. The lowest BCUT2D eigenvalue weighted by Crippen LogP contribution is -1.78. The predicted octanol–water partition coefficient (Wildman–Crippen LogP) is 3.77. The Balaban J connectivity index is 2.55. The minimum absolute atomic E-state index is 0.581. The Hall–Kier alpha value is -0.710. The smallest absolute Gasteiger partial charge is 0.180 e. The van der Waals surface area contributed by atoms with Crippen LogP contribution in [0.15, 0.2) is 29.3 Å². The maximum absolute atomic E-state index is 5.97. The van der Waals surface area contributed by atoms with Crippen LogP contribution in [0.5, 0.6) is 0 Å². The minimum atomic E-state index is 0.581. The summed E-state index contributed by atoms with van der Waals surface area (Å²) in [6.45, 7) is 0. The van der Waals surface area contributed by atoms with Crippen molar-refractivity contribution in [3.63, 3.8) is 0 Å². The normalized spacial score (nSPS) is 10.5. The monoisotopic (exact) mass is 256 g/mol. The quantitative estimate of drug-likeness (QED) is 0.832. The van der Waals surface area contributed by atoms with E-state index in [4.69, 9.17) is 17.3 Å². The molecule has 78 valence electrons. The molecular weight excluding hydrogens is 248 g/mol. The molecule has 0 radical (unpaired) electrons. The largest absolute Gasteiger partial charge is 0.375 e. The predicted molar refractivity (Wildman–Crippen MR) is 68.8 cm³/mol. The third-order valence-electron chi connectivity index (χ3n) is 1.95. The fourth-order valence-electron chi connectivity index (χ4n) is 1.28. The van der Waals surface area contributed by atoms with Crippen LogP contribution >= 0.6 is 34.7 Å². The third-order valence-corrected chi connectivity index (χ3v) is 3.84. The van der Waals surface area contributed by atoms with E-state index >= 15 is 0 Å². The Morgan fingerprint density at radius 3 is 2.87 bits per heavy atom. The molecule has 0 spiro atoms. The zero-order valence-electron chi connectivity index (χ0n) is 8.03. The van der Waals surface area contributed by atoms with E-state index in [1.54, 1.807) is 18.0 Å². The molecule has 0 aliphatic rings. The Labute approximate surface area is 101 Å². The van der Waals surface area contributed by atoms with Gasteiger partial charge in [-0.05, 0) is 24.5 Å². The summed E-state index contributed by atoms with van der Waals surface area (Å²) < 4.78 is 0. The maximum Gasteiger partial charge on any atom is 0.180 e. The van der Waals surface area contributed by atoms with E-state index in [0.29, 0.717) is 5.13 Å². The van der Waals surface area contributed by atoms with Crippen LogP contribution in [0.4, 0.5) is 5.13 Å². The van der Waals surface area contributed by atoms with Crippen molar-refractivity contribution in [3.8, 4) is 10.4 Å². The molecule has 0 bridgehead atoms. The molecule has 2 N–H and O–H groups in total. The summed E-state index contributed by atoms with van der Waals surface area (Å²) in [5.41, 5.74) is 6.71. The molecule has 0 saturated carbocycles. The molecule has 1 aromatic carbocycles. The fraction of sp³-hybridized carbons (Fsp3) is 0.100. The maximum atomic E-state index is 5.97. The second-order valence-corrected chi connectivity index (χ2v) is 5.25. The molecule has 2 rings (SSSR count). The van der Waals surface area contributed by atoms with Gasteiger partial charge in [-0.25, -0.2) is 4.98 Å². The van der Waals surface area contributed by atoms with Gasteiger partial charge < -0.3 is 5.73 Å². The Kier molecular flexibility index (Phi) is 3.19. The van der Waals surface area contributed by atoms with Crippen LogP contribution in [0.2, 0.25) is 5.02 Å². The topological polar surface area (TPSA) is 38.9 Å². The molecule has 1 heterocycles. The zero-order valence-corrected chi connectivity index (χ0v) is 10.4. The van der Waals surface area contributed by atoms with E-state index in [2.05, 4.69) is 4.98 Å². The summed E-state index contributed by atoms with van der Waals surface area (Å²) in [7, 11) is 0. The van der Waals surface area contributed by atoms with Gasteiger partial charge in [0, 0.05) is 21.7 Å². The SMILES string of the molecule is CSc1ccc(Cl)cc1-c1cnc(N)s1. The first-order chi connectivity index (χ1) is 7.20. The van der Waals surface area contributed by atoms with Gasteiger partial charge in [0.2, 0.25) is 0 Å². The number of thioether (sulfide) groups is 1. The molecule has 15 heavy (non-hydrogen) atoms. The fourth-order valence-corrected chi connectivity index (χ4v) is 2.83. The minimum Gasteiger partial charge on any atom is -0.375 e. The molecule has 0 aliphatic carbocycles. The van der Waals surface area contributed by atoms with Crippen LogP contribution in [-0.4, -0.2) is 11.2 Å². The van der Waals surface area contributed by atoms with Crippen LogP contribution in [0.25, 0.3) is 10.4 Å². The van der Waals surface area contributed by atoms with E-state index in [1.165, 1.54) is 16.2 Å². The van der Waals surface area contributed by atoms with Gasteiger partial charge in [0.25, 0.3) is 0 Å². The second kappa shape index (κ2) is 4.43. The van der Waals surface area contributed by atoms with Gasteiger partial charge in [-0.2, -0.15) is 0 Å². The average Bonchev–Trinajstić information content (AvgIpc) is 2.65. The lowest BCUT2D eigenvalue weighted by atomic mass is 10.2. The van der Waals surface area contributed by atoms with Crippen LogP contribution < -0.4 is 5.73 Å². The van der Waals surface area contributed by atoms with Gasteiger partial charge >= 0.3 is 0 Å². The van der Waals surface area contributed by atoms with Crippen LogP contribution in [-0.2, 0) is 0 Å². The highest BCUT2D eigenvalue weighted by atomic mass is 35.5. The molecule has 2 aromatic rings. The standard InChI is InChI=1S/C10H9ClN2S2/c1-14-8-3-2-6(11)4-7(8)9-5-13-10(12)15-9/h2-5H,1H3,(H2,12,13). The Morgan fingerprint density at radius 1 is 1.47 bits per heavy atom. The van der Waals surface area contributed by atoms with Gasteiger partial charge in [0.1, 0.15) is 0 Å². The molecule has 0 aliphatic heterocycles. The summed E-state index contributed by atoms with van der Waals surface area (Å²) in [6, 6.07) is 5.85. The van der Waals surface area contributed by atoms with Gasteiger partial charge in [-0.3, -0.25) is 0 Å². The highest BCUT2D eigenvalue weighted by Crippen LogP contribution is 2.36. The molecule has 5 heteroatoms. The van der Waals surface area contributed by atoms with Crippen LogP contribution in [0, 0.1) is 0 Å². The first-order valence-corrected chi connectivity index (χ1v) is 6.68. The van der Waals surface area contributed by atoms with Crippen molar-refractivity contribution < 1.29 is 0 Å². The Bertz CT molecular complexity index is 482. The van der Waals surface area contributed by atoms with E-state index < -0.39 is 0 Å². The van der Waals surface area contributed by atoms with Crippen molar-refractivity contribution in [2.24, 2.45) is 0 Å². The number of thiazole rings is 1. The Morgan fingerprint density at radius 2 is 2.27 bits per heavy atom. The third kappa shape index (κ3) is 2.27.